The van der Waals surface area contributed by atoms with Crippen LogP contribution in [0.4, 0.5) is 0 Å². The van der Waals surface area contributed by atoms with E-state index >= 15 is 0 Å². The monoisotopic (exact) mass is 222 g/mol. The van der Waals surface area contributed by atoms with Crippen LogP contribution in [0.25, 0.3) is 0 Å². The van der Waals surface area contributed by atoms with Crippen molar-refractivity contribution in [3.63, 3.8) is 0 Å². The highest BCUT2D eigenvalue weighted by Gasteiger charge is 2.11. The zero-order chi connectivity index (χ0) is 11.2. The molecule has 16 heavy (non-hydrogen) atoms. The third kappa shape index (κ3) is 3.32. The van der Waals surface area contributed by atoms with Crippen molar-refractivity contribution in [3.05, 3.63) is 18.0 Å². The van der Waals surface area contributed by atoms with Gasteiger partial charge in [-0.25, -0.2) is 0 Å². The lowest BCUT2D eigenvalue weighted by Crippen LogP contribution is -2.34. The second-order valence-electron chi connectivity index (χ2n) is 4.59. The molecule has 1 saturated heterocycles. The van der Waals surface area contributed by atoms with Crippen molar-refractivity contribution in [2.45, 2.75) is 19.3 Å². The second-order valence-corrected chi connectivity index (χ2v) is 4.59. The zero-order valence-corrected chi connectivity index (χ0v) is 10.1. The number of aryl methyl sites for hydroxylation is 1. The van der Waals surface area contributed by atoms with Gasteiger partial charge in [0, 0.05) is 31.9 Å². The van der Waals surface area contributed by atoms with Crippen LogP contribution in [0.3, 0.4) is 0 Å². The van der Waals surface area contributed by atoms with Crippen molar-refractivity contribution in [1.82, 2.24) is 20.4 Å². The van der Waals surface area contributed by atoms with Gasteiger partial charge in [0.2, 0.25) is 0 Å². The van der Waals surface area contributed by atoms with Crippen molar-refractivity contribution in [2.24, 2.45) is 13.0 Å². The Morgan fingerprint density at radius 3 is 3.00 bits per heavy atom. The molecule has 1 aromatic rings. The van der Waals surface area contributed by atoms with Gasteiger partial charge in [-0.15, -0.1) is 0 Å². The molecule has 2 N–H and O–H groups in total. The summed E-state index contributed by atoms with van der Waals surface area (Å²) in [5, 5.41) is 11.1. The third-order valence-electron chi connectivity index (χ3n) is 3.37. The predicted octanol–water partition coefficient (Wildman–Crippen LogP) is 0.552. The number of piperidine rings is 1. The molecule has 1 aliphatic rings. The summed E-state index contributed by atoms with van der Waals surface area (Å²) < 4.78 is 1.95. The molecule has 0 amide bonds. The number of hydrogen-bond acceptors (Lipinski definition) is 3. The van der Waals surface area contributed by atoms with Crippen molar-refractivity contribution < 1.29 is 0 Å². The molecule has 0 saturated carbocycles. The first kappa shape index (κ1) is 11.6. The number of nitrogens with zero attached hydrogens (tertiary/aromatic N) is 2. The maximum absolute atomic E-state index is 4.17. The van der Waals surface area contributed by atoms with Crippen LogP contribution in [0, 0.1) is 5.92 Å². The van der Waals surface area contributed by atoms with E-state index < -0.39 is 0 Å². The third-order valence-corrected chi connectivity index (χ3v) is 3.37. The molecular formula is C12H22N4. The standard InChI is InChI=1S/C12H22N4/c1-16-12(5-9-15-16)4-8-14-10-11-2-6-13-7-3-11/h5,9,11,13-14H,2-4,6-8,10H2,1H3. The molecule has 1 fully saturated rings. The molecule has 4 heteroatoms. The van der Waals surface area contributed by atoms with E-state index in [2.05, 4.69) is 21.8 Å². The highest BCUT2D eigenvalue weighted by atomic mass is 15.3. The summed E-state index contributed by atoms with van der Waals surface area (Å²) in [6.45, 7) is 4.60. The van der Waals surface area contributed by atoms with Crippen molar-refractivity contribution >= 4 is 0 Å². The summed E-state index contributed by atoms with van der Waals surface area (Å²) in [6, 6.07) is 2.09. The Balaban J connectivity index is 1.59. The highest BCUT2D eigenvalue weighted by Crippen LogP contribution is 2.09. The predicted molar refractivity (Wildman–Crippen MR) is 65.4 cm³/mol. The molecule has 0 radical (unpaired) electrons. The summed E-state index contributed by atoms with van der Waals surface area (Å²) >= 11 is 0. The molecule has 0 unspecified atom stereocenters. The fourth-order valence-electron chi connectivity index (χ4n) is 2.26. The summed E-state index contributed by atoms with van der Waals surface area (Å²) in [5.74, 6) is 0.868. The van der Waals surface area contributed by atoms with Gasteiger partial charge < -0.3 is 10.6 Å². The van der Waals surface area contributed by atoms with Gasteiger partial charge in [0.25, 0.3) is 0 Å². The Hall–Kier alpha value is -0.870. The van der Waals surface area contributed by atoms with E-state index in [4.69, 9.17) is 0 Å². The molecule has 1 aromatic heterocycles. The first-order valence-electron chi connectivity index (χ1n) is 6.24. The highest BCUT2D eigenvalue weighted by molar-refractivity contribution is 5.00. The van der Waals surface area contributed by atoms with E-state index in [1.165, 1.54) is 38.2 Å². The van der Waals surface area contributed by atoms with Crippen LogP contribution >= 0.6 is 0 Å². The molecule has 2 heterocycles. The molecule has 2 rings (SSSR count). The van der Waals surface area contributed by atoms with Crippen LogP contribution in [0.15, 0.2) is 12.3 Å². The van der Waals surface area contributed by atoms with Crippen LogP contribution in [-0.2, 0) is 13.5 Å². The second kappa shape index (κ2) is 6.01. The van der Waals surface area contributed by atoms with E-state index in [1.54, 1.807) is 0 Å². The Morgan fingerprint density at radius 2 is 2.31 bits per heavy atom. The van der Waals surface area contributed by atoms with Gasteiger partial charge in [-0.3, -0.25) is 4.68 Å². The topological polar surface area (TPSA) is 41.9 Å². The molecule has 0 bridgehead atoms. The summed E-state index contributed by atoms with van der Waals surface area (Å²) in [4.78, 5) is 0. The first-order valence-corrected chi connectivity index (χ1v) is 6.24. The zero-order valence-electron chi connectivity index (χ0n) is 10.1. The Kier molecular flexibility index (Phi) is 4.36. The maximum Gasteiger partial charge on any atom is 0.0492 e. The van der Waals surface area contributed by atoms with Crippen molar-refractivity contribution in [3.8, 4) is 0 Å². The molecule has 0 atom stereocenters. The fourth-order valence-corrected chi connectivity index (χ4v) is 2.26. The van der Waals surface area contributed by atoms with Gasteiger partial charge in [-0.05, 0) is 44.5 Å². The van der Waals surface area contributed by atoms with Gasteiger partial charge in [-0.2, -0.15) is 5.10 Å². The molecule has 90 valence electrons. The van der Waals surface area contributed by atoms with E-state index in [0.29, 0.717) is 0 Å². The average molecular weight is 222 g/mol. The Morgan fingerprint density at radius 1 is 1.50 bits per heavy atom. The largest absolute Gasteiger partial charge is 0.317 e. The van der Waals surface area contributed by atoms with Gasteiger partial charge in [0.15, 0.2) is 0 Å². The SMILES string of the molecule is Cn1nccc1CCNCC1CCNCC1. The van der Waals surface area contributed by atoms with Crippen LogP contribution in [0.2, 0.25) is 0 Å². The first-order chi connectivity index (χ1) is 7.86. The molecule has 1 aliphatic heterocycles. The minimum atomic E-state index is 0.868. The van der Waals surface area contributed by atoms with Crippen molar-refractivity contribution in [1.29, 1.82) is 0 Å². The summed E-state index contributed by atoms with van der Waals surface area (Å²) in [7, 11) is 2.00. The number of hydrogen-bond donors (Lipinski definition) is 2. The van der Waals surface area contributed by atoms with Crippen LogP contribution < -0.4 is 10.6 Å². The fraction of sp³-hybridized carbons (Fsp3) is 0.750. The summed E-state index contributed by atoms with van der Waals surface area (Å²) in [6.07, 6.45) is 5.57. The normalized spacial score (nSPS) is 17.8. The quantitative estimate of drug-likeness (QED) is 0.715. The number of aromatic nitrogens is 2. The Bertz CT molecular complexity index is 302. The minimum Gasteiger partial charge on any atom is -0.317 e. The van der Waals surface area contributed by atoms with E-state index in [-0.39, 0.29) is 0 Å². The smallest absolute Gasteiger partial charge is 0.0492 e. The molecule has 0 aliphatic carbocycles. The average Bonchev–Trinajstić information content (AvgIpc) is 2.72. The molecule has 4 nitrogen and oxygen atoms in total. The number of nitrogens with one attached hydrogen (secondary N) is 2. The van der Waals surface area contributed by atoms with E-state index in [9.17, 15) is 0 Å². The maximum atomic E-state index is 4.17. The van der Waals surface area contributed by atoms with Gasteiger partial charge >= 0.3 is 0 Å². The van der Waals surface area contributed by atoms with Crippen LogP contribution in [0.1, 0.15) is 18.5 Å². The molecule has 0 spiro atoms. The lowest BCUT2D eigenvalue weighted by atomic mass is 9.98. The Labute approximate surface area is 97.4 Å². The summed E-state index contributed by atoms with van der Waals surface area (Å²) in [5.41, 5.74) is 1.30. The van der Waals surface area contributed by atoms with E-state index in [1.807, 2.05) is 17.9 Å². The minimum absolute atomic E-state index is 0.868. The van der Waals surface area contributed by atoms with Gasteiger partial charge in [0.05, 0.1) is 0 Å². The van der Waals surface area contributed by atoms with E-state index in [0.717, 1.165) is 18.9 Å². The number of rotatable bonds is 5. The lowest BCUT2D eigenvalue weighted by molar-refractivity contribution is 0.357. The van der Waals surface area contributed by atoms with Gasteiger partial charge in [-0.1, -0.05) is 0 Å². The van der Waals surface area contributed by atoms with Crippen molar-refractivity contribution in [2.75, 3.05) is 26.2 Å². The van der Waals surface area contributed by atoms with Crippen LogP contribution in [-0.4, -0.2) is 36.0 Å². The lowest BCUT2D eigenvalue weighted by Gasteiger charge is -2.22. The molecular weight excluding hydrogens is 200 g/mol. The molecule has 0 aromatic carbocycles. The van der Waals surface area contributed by atoms with Gasteiger partial charge in [0.1, 0.15) is 0 Å². The van der Waals surface area contributed by atoms with Crippen LogP contribution in [0.5, 0.6) is 0 Å².